The summed E-state index contributed by atoms with van der Waals surface area (Å²) in [6.45, 7) is 4.57. The number of rotatable bonds is 3. The predicted octanol–water partition coefficient (Wildman–Crippen LogP) is 4.68. The van der Waals surface area contributed by atoms with Crippen molar-refractivity contribution in [3.63, 3.8) is 0 Å². The van der Waals surface area contributed by atoms with Gasteiger partial charge in [-0.15, -0.1) is 0 Å². The first kappa shape index (κ1) is 12.9. The van der Waals surface area contributed by atoms with Crippen molar-refractivity contribution < 1.29 is 4.74 Å². The topological polar surface area (TPSA) is 9.23 Å². The summed E-state index contributed by atoms with van der Waals surface area (Å²) < 4.78 is 6.39. The summed E-state index contributed by atoms with van der Waals surface area (Å²) in [5.74, 6) is 0.726. The lowest BCUT2D eigenvalue weighted by molar-refractivity contribution is -0.0690. The van der Waals surface area contributed by atoms with E-state index < -0.39 is 0 Å². The maximum Gasteiger partial charge on any atom is 0.0687 e. The van der Waals surface area contributed by atoms with Crippen molar-refractivity contribution in [3.8, 4) is 0 Å². The van der Waals surface area contributed by atoms with Gasteiger partial charge in [0.05, 0.1) is 11.7 Å². The molecular weight excluding hydrogens is 264 g/mol. The summed E-state index contributed by atoms with van der Waals surface area (Å²) in [4.78, 5) is 0.610. The quantitative estimate of drug-likeness (QED) is 0.686. The van der Waals surface area contributed by atoms with Crippen molar-refractivity contribution >= 4 is 15.9 Å². The summed E-state index contributed by atoms with van der Waals surface area (Å²) in [6, 6.07) is 0. The molecular formula is C14H25BrO. The van der Waals surface area contributed by atoms with E-state index in [0.29, 0.717) is 16.5 Å². The lowest BCUT2D eigenvalue weighted by Gasteiger charge is -2.33. The molecule has 1 spiro atoms. The molecule has 1 aliphatic heterocycles. The molecule has 0 aromatic carbocycles. The van der Waals surface area contributed by atoms with E-state index in [-0.39, 0.29) is 0 Å². The Balaban J connectivity index is 1.83. The normalized spacial score (nSPS) is 32.8. The molecule has 2 aliphatic rings. The Labute approximate surface area is 108 Å². The van der Waals surface area contributed by atoms with Gasteiger partial charge < -0.3 is 4.74 Å². The second-order valence-electron chi connectivity index (χ2n) is 5.91. The van der Waals surface area contributed by atoms with Crippen molar-refractivity contribution in [2.75, 3.05) is 0 Å². The highest BCUT2D eigenvalue weighted by atomic mass is 79.9. The van der Waals surface area contributed by atoms with Gasteiger partial charge in [0.25, 0.3) is 0 Å². The van der Waals surface area contributed by atoms with Gasteiger partial charge in [-0.3, -0.25) is 0 Å². The molecule has 1 saturated heterocycles. The zero-order valence-electron chi connectivity index (χ0n) is 10.7. The van der Waals surface area contributed by atoms with Gasteiger partial charge in [0.15, 0.2) is 0 Å². The van der Waals surface area contributed by atoms with Crippen molar-refractivity contribution in [2.24, 2.45) is 5.92 Å². The minimum absolute atomic E-state index is 0.304. The lowest BCUT2D eigenvalue weighted by Crippen LogP contribution is -2.32. The Morgan fingerprint density at radius 2 is 1.88 bits per heavy atom. The molecule has 1 nitrogen and oxygen atoms in total. The van der Waals surface area contributed by atoms with Gasteiger partial charge in [-0.2, -0.15) is 0 Å². The molecule has 1 saturated carbocycles. The Morgan fingerprint density at radius 1 is 1.19 bits per heavy atom. The van der Waals surface area contributed by atoms with Crippen molar-refractivity contribution in [1.29, 1.82) is 0 Å². The van der Waals surface area contributed by atoms with E-state index in [1.54, 1.807) is 0 Å². The fourth-order valence-corrected chi connectivity index (χ4v) is 3.44. The van der Waals surface area contributed by atoms with Crippen LogP contribution in [0, 0.1) is 5.92 Å². The van der Waals surface area contributed by atoms with E-state index in [1.807, 2.05) is 0 Å². The van der Waals surface area contributed by atoms with Crippen LogP contribution in [0.2, 0.25) is 0 Å². The third-order valence-corrected chi connectivity index (χ3v) is 5.42. The highest BCUT2D eigenvalue weighted by molar-refractivity contribution is 9.09. The molecule has 0 radical (unpaired) electrons. The van der Waals surface area contributed by atoms with Crippen LogP contribution < -0.4 is 0 Å². The lowest BCUT2D eigenvalue weighted by atomic mass is 9.83. The predicted molar refractivity (Wildman–Crippen MR) is 72.1 cm³/mol. The summed E-state index contributed by atoms with van der Waals surface area (Å²) in [7, 11) is 0. The molecule has 2 rings (SSSR count). The first-order valence-electron chi connectivity index (χ1n) is 6.93. The van der Waals surface area contributed by atoms with Crippen LogP contribution in [0.4, 0.5) is 0 Å². The molecule has 16 heavy (non-hydrogen) atoms. The van der Waals surface area contributed by atoms with Crippen molar-refractivity contribution in [3.05, 3.63) is 0 Å². The average Bonchev–Trinajstić information content (AvgIpc) is 2.62. The highest BCUT2D eigenvalue weighted by Crippen LogP contribution is 2.43. The van der Waals surface area contributed by atoms with Crippen LogP contribution in [0.25, 0.3) is 0 Å². The summed E-state index contributed by atoms with van der Waals surface area (Å²) in [5.41, 5.74) is 0.304. The Morgan fingerprint density at radius 3 is 2.50 bits per heavy atom. The molecule has 1 heterocycles. The molecule has 0 bridgehead atoms. The first-order chi connectivity index (χ1) is 7.61. The van der Waals surface area contributed by atoms with Crippen LogP contribution in [-0.4, -0.2) is 16.5 Å². The molecule has 0 N–H and O–H groups in total. The highest BCUT2D eigenvalue weighted by Gasteiger charge is 2.41. The van der Waals surface area contributed by atoms with Crippen LogP contribution in [0.15, 0.2) is 0 Å². The van der Waals surface area contributed by atoms with Gasteiger partial charge in [0.1, 0.15) is 0 Å². The molecule has 1 aliphatic carbocycles. The maximum absolute atomic E-state index is 6.39. The fraction of sp³-hybridized carbons (Fsp3) is 1.00. The summed E-state index contributed by atoms with van der Waals surface area (Å²) in [5, 5.41) is 0. The van der Waals surface area contributed by atoms with Crippen LogP contribution in [0.1, 0.15) is 65.2 Å². The second-order valence-corrected chi connectivity index (χ2v) is 7.36. The monoisotopic (exact) mass is 288 g/mol. The van der Waals surface area contributed by atoms with Crippen LogP contribution in [-0.2, 0) is 4.74 Å². The molecule has 0 aromatic heterocycles. The second kappa shape index (κ2) is 5.39. The zero-order chi connectivity index (χ0) is 11.6. The average molecular weight is 289 g/mol. The molecule has 0 amide bonds. The molecule has 2 heteroatoms. The van der Waals surface area contributed by atoms with Crippen molar-refractivity contribution in [1.82, 2.24) is 0 Å². The van der Waals surface area contributed by atoms with Crippen LogP contribution >= 0.6 is 15.9 Å². The SMILES string of the molecule is CC(Br)C(C)CC1CCC2(CCCCC2)O1. The minimum Gasteiger partial charge on any atom is -0.372 e. The van der Waals surface area contributed by atoms with E-state index in [1.165, 1.54) is 51.4 Å². The standard InChI is InChI=1S/C14H25BrO/c1-11(12(2)15)10-13-6-9-14(16-13)7-4-3-5-8-14/h11-13H,3-10H2,1-2H3. The Hall–Kier alpha value is 0.440. The van der Waals surface area contributed by atoms with E-state index in [2.05, 4.69) is 29.8 Å². The van der Waals surface area contributed by atoms with Gasteiger partial charge in [0, 0.05) is 4.83 Å². The van der Waals surface area contributed by atoms with E-state index in [9.17, 15) is 0 Å². The number of alkyl halides is 1. The molecule has 94 valence electrons. The van der Waals surface area contributed by atoms with Crippen LogP contribution in [0.5, 0.6) is 0 Å². The number of hydrogen-bond acceptors (Lipinski definition) is 1. The smallest absolute Gasteiger partial charge is 0.0687 e. The number of halogens is 1. The fourth-order valence-electron chi connectivity index (χ4n) is 3.23. The zero-order valence-corrected chi connectivity index (χ0v) is 12.3. The molecule has 2 fully saturated rings. The van der Waals surface area contributed by atoms with Gasteiger partial charge >= 0.3 is 0 Å². The number of hydrogen-bond donors (Lipinski definition) is 0. The Kier molecular flexibility index (Phi) is 4.34. The van der Waals surface area contributed by atoms with Gasteiger partial charge in [0.2, 0.25) is 0 Å². The first-order valence-corrected chi connectivity index (χ1v) is 7.85. The summed E-state index contributed by atoms with van der Waals surface area (Å²) in [6.07, 6.45) is 11.2. The van der Waals surface area contributed by atoms with Crippen LogP contribution in [0.3, 0.4) is 0 Å². The van der Waals surface area contributed by atoms with Gasteiger partial charge in [-0.25, -0.2) is 0 Å². The van der Waals surface area contributed by atoms with Gasteiger partial charge in [-0.05, 0) is 38.0 Å². The number of ether oxygens (including phenoxy) is 1. The maximum atomic E-state index is 6.39. The third-order valence-electron chi connectivity index (χ3n) is 4.52. The molecule has 3 atom stereocenters. The summed E-state index contributed by atoms with van der Waals surface area (Å²) >= 11 is 3.68. The molecule has 3 unspecified atom stereocenters. The van der Waals surface area contributed by atoms with Gasteiger partial charge in [-0.1, -0.05) is 49.0 Å². The Bertz CT molecular complexity index is 221. The van der Waals surface area contributed by atoms with E-state index >= 15 is 0 Å². The largest absolute Gasteiger partial charge is 0.372 e. The third kappa shape index (κ3) is 3.01. The van der Waals surface area contributed by atoms with E-state index in [0.717, 1.165) is 5.92 Å². The van der Waals surface area contributed by atoms with E-state index in [4.69, 9.17) is 4.74 Å². The van der Waals surface area contributed by atoms with Crippen molar-refractivity contribution in [2.45, 2.75) is 81.7 Å². The minimum atomic E-state index is 0.304. The molecule has 0 aromatic rings.